The van der Waals surface area contributed by atoms with Crippen LogP contribution >= 0.6 is 0 Å². The Morgan fingerprint density at radius 3 is 1.70 bits per heavy atom. The van der Waals surface area contributed by atoms with Crippen molar-refractivity contribution < 1.29 is 9.66 Å². The zero-order valence-electron chi connectivity index (χ0n) is 18.2. The minimum Gasteiger partial charge on any atom is -0.494 e. The zero-order valence-corrected chi connectivity index (χ0v) is 18.2. The third kappa shape index (κ3) is 9.73. The molecule has 0 bridgehead atoms. The van der Waals surface area contributed by atoms with Gasteiger partial charge in [0, 0.05) is 12.1 Å². The molecule has 2 aromatic carbocycles. The smallest absolute Gasteiger partial charge is 0.269 e. The number of benzene rings is 2. The average molecular weight is 410 g/mol. The number of hydrogen-bond acceptors (Lipinski definition) is 3. The summed E-state index contributed by atoms with van der Waals surface area (Å²) >= 11 is 0. The van der Waals surface area contributed by atoms with Gasteiger partial charge in [0.25, 0.3) is 5.69 Å². The van der Waals surface area contributed by atoms with Gasteiger partial charge in [-0.05, 0) is 41.8 Å². The Labute approximate surface area is 181 Å². The third-order valence-electron chi connectivity index (χ3n) is 5.22. The predicted molar refractivity (Wildman–Crippen MR) is 126 cm³/mol. The van der Waals surface area contributed by atoms with E-state index in [1.807, 2.05) is 36.4 Å². The highest BCUT2D eigenvalue weighted by Crippen LogP contribution is 2.17. The lowest BCUT2D eigenvalue weighted by Gasteiger charge is -2.06. The van der Waals surface area contributed by atoms with Crippen molar-refractivity contribution in [1.82, 2.24) is 0 Å². The van der Waals surface area contributed by atoms with Crippen molar-refractivity contribution in [2.45, 2.75) is 71.1 Å². The molecule has 0 aromatic heterocycles. The van der Waals surface area contributed by atoms with E-state index < -0.39 is 0 Å². The van der Waals surface area contributed by atoms with Crippen LogP contribution in [0.5, 0.6) is 5.75 Å². The lowest BCUT2D eigenvalue weighted by Crippen LogP contribution is -1.97. The Morgan fingerprint density at radius 2 is 1.20 bits per heavy atom. The van der Waals surface area contributed by atoms with Crippen LogP contribution in [0.1, 0.15) is 82.3 Å². The molecule has 162 valence electrons. The molecule has 2 rings (SSSR count). The van der Waals surface area contributed by atoms with Gasteiger partial charge in [0.1, 0.15) is 5.75 Å². The summed E-state index contributed by atoms with van der Waals surface area (Å²) in [5.41, 5.74) is 2.11. The van der Waals surface area contributed by atoms with Crippen LogP contribution in [0.2, 0.25) is 0 Å². The summed E-state index contributed by atoms with van der Waals surface area (Å²) in [5, 5.41) is 10.7. The summed E-state index contributed by atoms with van der Waals surface area (Å²) in [5.74, 6) is 0.901. The van der Waals surface area contributed by atoms with Crippen LogP contribution in [-0.4, -0.2) is 11.5 Å². The molecule has 0 saturated carbocycles. The van der Waals surface area contributed by atoms with Crippen LogP contribution in [0.25, 0.3) is 12.2 Å². The molecule has 0 fully saturated rings. The molecule has 0 unspecified atom stereocenters. The van der Waals surface area contributed by atoms with Crippen LogP contribution in [0, 0.1) is 10.1 Å². The maximum absolute atomic E-state index is 10.7. The van der Waals surface area contributed by atoms with E-state index in [1.54, 1.807) is 12.1 Å². The van der Waals surface area contributed by atoms with Gasteiger partial charge in [-0.3, -0.25) is 10.1 Å². The fraction of sp³-hybridized carbons (Fsp3) is 0.462. The fourth-order valence-corrected chi connectivity index (χ4v) is 3.35. The van der Waals surface area contributed by atoms with E-state index >= 15 is 0 Å². The molecule has 30 heavy (non-hydrogen) atoms. The van der Waals surface area contributed by atoms with E-state index in [1.165, 1.54) is 69.9 Å². The average Bonchev–Trinajstić information content (AvgIpc) is 2.77. The quantitative estimate of drug-likeness (QED) is 0.129. The lowest BCUT2D eigenvalue weighted by molar-refractivity contribution is -0.384. The Morgan fingerprint density at radius 1 is 0.733 bits per heavy atom. The monoisotopic (exact) mass is 409 g/mol. The number of hydrogen-bond donors (Lipinski definition) is 0. The molecule has 0 amide bonds. The Balaban J connectivity index is 1.59. The lowest BCUT2D eigenvalue weighted by atomic mass is 10.1. The standard InChI is InChI=1S/C26H35NO3/c1-2-3-4-5-6-7-8-9-10-11-22-30-26-20-16-24(17-21-26)13-12-23-14-18-25(19-15-23)27(28)29/h12-21H,2-11,22H2,1H3. The molecule has 0 aliphatic heterocycles. The van der Waals surface area contributed by atoms with Crippen molar-refractivity contribution in [2.75, 3.05) is 6.61 Å². The number of rotatable bonds is 15. The van der Waals surface area contributed by atoms with E-state index in [2.05, 4.69) is 6.92 Å². The van der Waals surface area contributed by atoms with Gasteiger partial charge < -0.3 is 4.74 Å². The van der Waals surface area contributed by atoms with Gasteiger partial charge in [0.05, 0.1) is 11.5 Å². The summed E-state index contributed by atoms with van der Waals surface area (Å²) in [4.78, 5) is 10.3. The minimum absolute atomic E-state index is 0.107. The van der Waals surface area contributed by atoms with Crippen molar-refractivity contribution in [3.8, 4) is 5.75 Å². The summed E-state index contributed by atoms with van der Waals surface area (Å²) in [6.45, 7) is 3.03. The van der Waals surface area contributed by atoms with Gasteiger partial charge in [-0.25, -0.2) is 0 Å². The number of unbranched alkanes of at least 4 members (excludes halogenated alkanes) is 9. The highest BCUT2D eigenvalue weighted by atomic mass is 16.6. The topological polar surface area (TPSA) is 52.4 Å². The largest absolute Gasteiger partial charge is 0.494 e. The molecule has 0 N–H and O–H groups in total. The van der Waals surface area contributed by atoms with Crippen LogP contribution in [0.3, 0.4) is 0 Å². The molecule has 0 atom stereocenters. The van der Waals surface area contributed by atoms with Crippen LogP contribution in [0.15, 0.2) is 48.5 Å². The first-order chi connectivity index (χ1) is 14.7. The van der Waals surface area contributed by atoms with E-state index in [0.717, 1.165) is 29.9 Å². The van der Waals surface area contributed by atoms with Crippen LogP contribution in [0.4, 0.5) is 5.69 Å². The van der Waals surface area contributed by atoms with Gasteiger partial charge >= 0.3 is 0 Å². The SMILES string of the molecule is CCCCCCCCCCCCOc1ccc(C=Cc2ccc([N+](=O)[O-])cc2)cc1. The second kappa shape index (κ2) is 14.4. The summed E-state index contributed by atoms with van der Waals surface area (Å²) < 4.78 is 5.84. The van der Waals surface area contributed by atoms with Crippen molar-refractivity contribution in [3.05, 3.63) is 69.8 Å². The van der Waals surface area contributed by atoms with Crippen molar-refractivity contribution in [3.63, 3.8) is 0 Å². The first kappa shape index (κ1) is 23.7. The molecule has 0 radical (unpaired) electrons. The fourth-order valence-electron chi connectivity index (χ4n) is 3.35. The van der Waals surface area contributed by atoms with E-state index in [4.69, 9.17) is 4.74 Å². The predicted octanol–water partition coefficient (Wildman–Crippen LogP) is 8.06. The van der Waals surface area contributed by atoms with Crippen molar-refractivity contribution in [1.29, 1.82) is 0 Å². The highest BCUT2D eigenvalue weighted by Gasteiger charge is 2.02. The molecule has 0 saturated heterocycles. The van der Waals surface area contributed by atoms with E-state index in [9.17, 15) is 10.1 Å². The van der Waals surface area contributed by atoms with Gasteiger partial charge in [0.15, 0.2) is 0 Å². The molecule has 4 heteroatoms. The molecule has 0 aliphatic carbocycles. The first-order valence-electron chi connectivity index (χ1n) is 11.3. The van der Waals surface area contributed by atoms with Gasteiger partial charge in [-0.2, -0.15) is 0 Å². The molecule has 0 aliphatic rings. The summed E-state index contributed by atoms with van der Waals surface area (Å²) in [7, 11) is 0. The van der Waals surface area contributed by atoms with Gasteiger partial charge in [0.2, 0.25) is 0 Å². The second-order valence-corrected chi connectivity index (χ2v) is 7.78. The van der Waals surface area contributed by atoms with Crippen molar-refractivity contribution >= 4 is 17.8 Å². The first-order valence-corrected chi connectivity index (χ1v) is 11.3. The maximum atomic E-state index is 10.7. The molecule has 0 spiro atoms. The summed E-state index contributed by atoms with van der Waals surface area (Å²) in [6.07, 6.45) is 17.2. The Kier molecular flexibility index (Phi) is 11.3. The van der Waals surface area contributed by atoms with Gasteiger partial charge in [-0.1, -0.05) is 89.0 Å². The number of nitro benzene ring substituents is 1. The number of nitro groups is 1. The zero-order chi connectivity index (χ0) is 21.4. The van der Waals surface area contributed by atoms with E-state index in [0.29, 0.717) is 0 Å². The molecule has 2 aromatic rings. The maximum Gasteiger partial charge on any atom is 0.269 e. The number of ether oxygens (including phenoxy) is 1. The Bertz CT molecular complexity index is 751. The van der Waals surface area contributed by atoms with Gasteiger partial charge in [-0.15, -0.1) is 0 Å². The third-order valence-corrected chi connectivity index (χ3v) is 5.22. The number of non-ortho nitro benzene ring substituents is 1. The highest BCUT2D eigenvalue weighted by molar-refractivity contribution is 5.70. The van der Waals surface area contributed by atoms with Crippen molar-refractivity contribution in [2.24, 2.45) is 0 Å². The van der Waals surface area contributed by atoms with Crippen LogP contribution in [-0.2, 0) is 0 Å². The minimum atomic E-state index is -0.387. The molecule has 4 nitrogen and oxygen atoms in total. The van der Waals surface area contributed by atoms with E-state index in [-0.39, 0.29) is 10.6 Å². The normalized spacial score (nSPS) is 11.1. The number of nitrogens with zero attached hydrogens (tertiary/aromatic N) is 1. The summed E-state index contributed by atoms with van der Waals surface area (Å²) in [6, 6.07) is 14.6. The Hall–Kier alpha value is -2.62. The molecule has 0 heterocycles. The molecular formula is C26H35NO3. The molecular weight excluding hydrogens is 374 g/mol. The second-order valence-electron chi connectivity index (χ2n) is 7.78. The van der Waals surface area contributed by atoms with Crippen LogP contribution < -0.4 is 4.74 Å².